The van der Waals surface area contributed by atoms with Crippen LogP contribution in [0.3, 0.4) is 0 Å². The van der Waals surface area contributed by atoms with Crippen LogP contribution in [-0.2, 0) is 62.4 Å². The zero-order valence-corrected chi connectivity index (χ0v) is 29.8. The van der Waals surface area contributed by atoms with Crippen LogP contribution in [-0.4, -0.2) is 23.5 Å². The summed E-state index contributed by atoms with van der Waals surface area (Å²) < 4.78 is 37.7. The van der Waals surface area contributed by atoms with Gasteiger partial charge in [-0.1, -0.05) is 146 Å². The Kier molecular flexibility index (Phi) is 8.06. The van der Waals surface area contributed by atoms with Gasteiger partial charge < -0.3 is 28.4 Å². The lowest BCUT2D eigenvalue weighted by atomic mass is 9.65. The highest BCUT2D eigenvalue weighted by Gasteiger charge is 2.71. The average molecular weight is 719 g/mol. The number of hydrogen-bond acceptors (Lipinski definition) is 8. The van der Waals surface area contributed by atoms with E-state index >= 15 is 0 Å². The number of ether oxygens (including phenoxy) is 6. The zero-order valence-electron chi connectivity index (χ0n) is 29.8. The van der Waals surface area contributed by atoms with E-state index < -0.39 is 46.6 Å². The van der Waals surface area contributed by atoms with Crippen LogP contribution in [0, 0.1) is 11.8 Å². The fraction of sp³-hybridized carbons (Fsp3) is 0.217. The van der Waals surface area contributed by atoms with Gasteiger partial charge in [-0.2, -0.15) is 0 Å². The molecule has 2 saturated heterocycles. The molecule has 2 unspecified atom stereocenters. The highest BCUT2D eigenvalue weighted by atomic mass is 16.8. The molecule has 4 aliphatic heterocycles. The average Bonchev–Trinajstić information content (AvgIpc) is 3.18. The van der Waals surface area contributed by atoms with Crippen molar-refractivity contribution in [2.24, 2.45) is 11.8 Å². The van der Waals surface area contributed by atoms with E-state index in [0.717, 1.165) is 33.4 Å². The topological polar surface area (TPSA) is 89.5 Å². The summed E-state index contributed by atoms with van der Waals surface area (Å²) in [5, 5.41) is 0. The first-order valence-electron chi connectivity index (χ1n) is 18.1. The molecule has 0 spiro atoms. The van der Waals surface area contributed by atoms with Crippen molar-refractivity contribution >= 4 is 11.9 Å². The standard InChI is InChI=1S/C46H38O8/c1-43-41(45(53-43,33-15-7-3-8-16-33)34-17-9-4-10-18-34)37(27-39(47)51-43)49-29-31-23-25-32(26-24-31)30-50-38-28-40(48)52-44(2)42(38)46(54-44,35-19-11-5-12-20-35)36-21-13-6-14-22-36/h3-28,41-42H,29-30H2,1-2H3/t41-,42?,43-,44?/m1/s1. The van der Waals surface area contributed by atoms with Crippen molar-refractivity contribution in [2.45, 2.75) is 49.8 Å². The van der Waals surface area contributed by atoms with Gasteiger partial charge in [0.1, 0.15) is 47.8 Å². The van der Waals surface area contributed by atoms with Gasteiger partial charge in [-0.15, -0.1) is 0 Å². The fourth-order valence-corrected chi connectivity index (χ4v) is 8.73. The number of carbonyl (C=O) groups is 2. The smallest absolute Gasteiger partial charge is 0.336 e. The zero-order chi connectivity index (χ0) is 37.0. The van der Waals surface area contributed by atoms with E-state index in [2.05, 4.69) is 0 Å². The van der Waals surface area contributed by atoms with Crippen molar-refractivity contribution < 1.29 is 38.0 Å². The molecular formula is C46H38O8. The maximum absolute atomic E-state index is 12.8. The molecule has 0 bridgehead atoms. The van der Waals surface area contributed by atoms with E-state index in [1.54, 1.807) is 13.8 Å². The molecule has 0 saturated carbocycles. The van der Waals surface area contributed by atoms with E-state index in [0.29, 0.717) is 11.5 Å². The molecule has 4 heterocycles. The van der Waals surface area contributed by atoms with Crippen LogP contribution >= 0.6 is 0 Å². The molecule has 8 nitrogen and oxygen atoms in total. The van der Waals surface area contributed by atoms with Gasteiger partial charge in [0.05, 0.1) is 12.2 Å². The summed E-state index contributed by atoms with van der Waals surface area (Å²) in [6.45, 7) is 4.01. The molecular weight excluding hydrogens is 680 g/mol. The van der Waals surface area contributed by atoms with E-state index in [4.69, 9.17) is 28.4 Å². The van der Waals surface area contributed by atoms with Gasteiger partial charge in [0, 0.05) is 13.8 Å². The molecule has 2 fully saturated rings. The number of rotatable bonds is 10. The molecule has 4 atom stereocenters. The van der Waals surface area contributed by atoms with Gasteiger partial charge >= 0.3 is 11.9 Å². The van der Waals surface area contributed by atoms with Crippen molar-refractivity contribution in [1.29, 1.82) is 0 Å². The molecule has 270 valence electrons. The summed E-state index contributed by atoms with van der Waals surface area (Å²) in [7, 11) is 0. The Balaban J connectivity index is 0.939. The normalized spacial score (nSPS) is 25.9. The Morgan fingerprint density at radius 2 is 0.759 bits per heavy atom. The molecule has 54 heavy (non-hydrogen) atoms. The van der Waals surface area contributed by atoms with E-state index in [1.165, 1.54) is 12.2 Å². The second-order valence-electron chi connectivity index (χ2n) is 14.4. The Hall–Kier alpha value is -5.96. The van der Waals surface area contributed by atoms with E-state index in [-0.39, 0.29) is 13.2 Å². The van der Waals surface area contributed by atoms with Crippen LogP contribution in [0.2, 0.25) is 0 Å². The van der Waals surface area contributed by atoms with Gasteiger partial charge in [-0.25, -0.2) is 9.59 Å². The van der Waals surface area contributed by atoms with Crippen LogP contribution in [0.25, 0.3) is 0 Å². The highest BCUT2D eigenvalue weighted by molar-refractivity contribution is 5.85. The second-order valence-corrected chi connectivity index (χ2v) is 14.4. The van der Waals surface area contributed by atoms with Crippen LogP contribution in [0.15, 0.2) is 169 Å². The third-order valence-electron chi connectivity index (χ3n) is 10.9. The van der Waals surface area contributed by atoms with Crippen molar-refractivity contribution in [3.8, 4) is 0 Å². The summed E-state index contributed by atoms with van der Waals surface area (Å²) in [5.74, 6) is -3.26. The van der Waals surface area contributed by atoms with Crippen LogP contribution in [0.5, 0.6) is 0 Å². The maximum atomic E-state index is 12.8. The van der Waals surface area contributed by atoms with Crippen molar-refractivity contribution in [3.63, 3.8) is 0 Å². The highest BCUT2D eigenvalue weighted by Crippen LogP contribution is 2.63. The minimum Gasteiger partial charge on any atom is -0.492 e. The number of carbonyl (C=O) groups excluding carboxylic acids is 2. The molecule has 5 aromatic carbocycles. The molecule has 0 aromatic heterocycles. The summed E-state index contributed by atoms with van der Waals surface area (Å²) in [6, 6.07) is 47.7. The quantitative estimate of drug-likeness (QED) is 0.134. The minimum atomic E-state index is -1.20. The Morgan fingerprint density at radius 1 is 0.463 bits per heavy atom. The van der Waals surface area contributed by atoms with E-state index in [9.17, 15) is 9.59 Å². The molecule has 8 heteroatoms. The van der Waals surface area contributed by atoms with Crippen LogP contribution in [0.1, 0.15) is 47.2 Å². The monoisotopic (exact) mass is 718 g/mol. The maximum Gasteiger partial charge on any atom is 0.336 e. The lowest BCUT2D eigenvalue weighted by molar-refractivity contribution is -0.397. The first kappa shape index (κ1) is 33.8. The van der Waals surface area contributed by atoms with Crippen molar-refractivity contribution in [1.82, 2.24) is 0 Å². The minimum absolute atomic E-state index is 0.220. The molecule has 0 amide bonds. The van der Waals surface area contributed by atoms with Gasteiger partial charge in [0.2, 0.25) is 11.6 Å². The number of fused-ring (bicyclic) bond motifs is 2. The summed E-state index contributed by atoms with van der Waals surface area (Å²) in [5.41, 5.74) is 3.74. The predicted molar refractivity (Wildman–Crippen MR) is 198 cm³/mol. The third-order valence-corrected chi connectivity index (χ3v) is 10.9. The lowest BCUT2D eigenvalue weighted by Crippen LogP contribution is -2.69. The molecule has 0 radical (unpaired) electrons. The first-order valence-corrected chi connectivity index (χ1v) is 18.1. The van der Waals surface area contributed by atoms with Gasteiger partial charge in [-0.3, -0.25) is 0 Å². The second kappa shape index (κ2) is 12.9. The predicted octanol–water partition coefficient (Wildman–Crippen LogP) is 8.21. The van der Waals surface area contributed by atoms with Gasteiger partial charge in [0.15, 0.2) is 0 Å². The molecule has 5 aromatic rings. The molecule has 9 rings (SSSR count). The number of benzene rings is 5. The third kappa shape index (κ3) is 5.36. The Morgan fingerprint density at radius 3 is 1.06 bits per heavy atom. The fourth-order valence-electron chi connectivity index (χ4n) is 8.73. The van der Waals surface area contributed by atoms with Crippen LogP contribution < -0.4 is 0 Å². The summed E-state index contributed by atoms with van der Waals surface area (Å²) in [4.78, 5) is 25.6. The number of hydrogen-bond donors (Lipinski definition) is 0. The van der Waals surface area contributed by atoms with E-state index in [1.807, 2.05) is 146 Å². The molecule has 0 N–H and O–H groups in total. The molecule has 4 aliphatic rings. The SMILES string of the molecule is CC12OC(=O)C=C(OCc3ccc(COC4=CC(=O)O[C@]5(C)OC(c6ccccc6)(c6ccccc6)[C@H]45)cc3)C1C(c1ccccc1)(c1ccccc1)O2. The largest absolute Gasteiger partial charge is 0.492 e. The first-order chi connectivity index (χ1) is 26.2. The van der Waals surface area contributed by atoms with Gasteiger partial charge in [-0.05, 0) is 33.4 Å². The Labute approximate surface area is 313 Å². The number of esters is 2. The van der Waals surface area contributed by atoms with Crippen LogP contribution in [0.4, 0.5) is 0 Å². The molecule has 0 aliphatic carbocycles. The van der Waals surface area contributed by atoms with Crippen molar-refractivity contribution in [2.75, 3.05) is 0 Å². The Bertz CT molecular complexity index is 2010. The summed E-state index contributed by atoms with van der Waals surface area (Å²) in [6.07, 6.45) is 2.87. The summed E-state index contributed by atoms with van der Waals surface area (Å²) >= 11 is 0. The van der Waals surface area contributed by atoms with Gasteiger partial charge in [0.25, 0.3) is 0 Å². The lowest BCUT2D eigenvalue weighted by Gasteiger charge is -2.61. The van der Waals surface area contributed by atoms with Crippen molar-refractivity contribution in [3.05, 3.63) is 203 Å².